The topological polar surface area (TPSA) is 140 Å². The van der Waals surface area contributed by atoms with Crippen LogP contribution < -0.4 is 15.4 Å². The number of carbonyl (C=O) groups is 5. The number of nitrogens with zero attached hydrogens (tertiary/aromatic N) is 1. The van der Waals surface area contributed by atoms with Crippen molar-refractivity contribution in [2.75, 3.05) is 13.7 Å². The lowest BCUT2D eigenvalue weighted by molar-refractivity contribution is -0.145. The Hall–Kier alpha value is -4.32. The molecular formula is C30H33N3O8S. The van der Waals surface area contributed by atoms with E-state index in [0.717, 1.165) is 22.9 Å². The van der Waals surface area contributed by atoms with Crippen molar-refractivity contribution in [3.05, 3.63) is 64.6 Å². The zero-order chi connectivity index (χ0) is 30.4. The van der Waals surface area contributed by atoms with Crippen LogP contribution in [0.4, 0.5) is 9.59 Å². The molecule has 0 aromatic heterocycles. The van der Waals surface area contributed by atoms with Gasteiger partial charge >= 0.3 is 12.1 Å². The average molecular weight is 596 g/mol. The summed E-state index contributed by atoms with van der Waals surface area (Å²) < 4.78 is 16.3. The minimum absolute atomic E-state index is 0.176. The standard InChI is InChI=1S/C30H33N3O8S/c1-30(2,3)41-29(38)33-15-5-6-23(33)25(34)31-22(27(36)39-4)16-18-7-11-20(12-8-18)40-21-13-9-19(10-14-21)17-24-26(35)32-28(37)42-24/h7-14,17,22-23H,5-6,15-16H2,1-4H3,(H,31,34)(H,32,35,37). The molecule has 0 aliphatic carbocycles. The maximum absolute atomic E-state index is 13.1. The highest BCUT2D eigenvalue weighted by molar-refractivity contribution is 8.18. The smallest absolute Gasteiger partial charge is 0.410 e. The molecule has 2 aromatic rings. The number of hydrogen-bond donors (Lipinski definition) is 2. The lowest BCUT2D eigenvalue weighted by Crippen LogP contribution is -2.52. The Balaban J connectivity index is 1.36. The molecule has 2 aromatic carbocycles. The molecule has 2 aliphatic heterocycles. The fourth-order valence-corrected chi connectivity index (χ4v) is 5.13. The van der Waals surface area contributed by atoms with Gasteiger partial charge in [-0.2, -0.15) is 0 Å². The summed E-state index contributed by atoms with van der Waals surface area (Å²) in [6, 6.07) is 12.4. The van der Waals surface area contributed by atoms with Gasteiger partial charge < -0.3 is 19.5 Å². The van der Waals surface area contributed by atoms with E-state index >= 15 is 0 Å². The molecule has 42 heavy (non-hydrogen) atoms. The van der Waals surface area contributed by atoms with Gasteiger partial charge in [-0.3, -0.25) is 24.6 Å². The Morgan fingerprint density at radius 3 is 2.29 bits per heavy atom. The van der Waals surface area contributed by atoms with Gasteiger partial charge in [0.2, 0.25) is 5.91 Å². The van der Waals surface area contributed by atoms with Crippen molar-refractivity contribution in [2.24, 2.45) is 0 Å². The summed E-state index contributed by atoms with van der Waals surface area (Å²) >= 11 is 0.853. The number of nitrogens with one attached hydrogen (secondary N) is 2. The second-order valence-corrected chi connectivity index (χ2v) is 11.8. The first-order valence-electron chi connectivity index (χ1n) is 13.4. The Bertz CT molecular complexity index is 1380. The Morgan fingerprint density at radius 2 is 1.71 bits per heavy atom. The van der Waals surface area contributed by atoms with Crippen molar-refractivity contribution in [2.45, 2.75) is 57.7 Å². The van der Waals surface area contributed by atoms with Crippen LogP contribution in [0.1, 0.15) is 44.7 Å². The normalized spacial score (nSPS) is 18.4. The molecule has 2 N–H and O–H groups in total. The van der Waals surface area contributed by atoms with Crippen LogP contribution in [0.25, 0.3) is 6.08 Å². The molecule has 12 heteroatoms. The highest BCUT2D eigenvalue weighted by Crippen LogP contribution is 2.28. The number of ether oxygens (including phenoxy) is 3. The van der Waals surface area contributed by atoms with Crippen molar-refractivity contribution in [1.82, 2.24) is 15.5 Å². The lowest BCUT2D eigenvalue weighted by Gasteiger charge is -2.28. The monoisotopic (exact) mass is 595 g/mol. The number of likely N-dealkylation sites (tertiary alicyclic amines) is 1. The molecule has 0 spiro atoms. The predicted octanol–water partition coefficient (Wildman–Crippen LogP) is 4.40. The third-order valence-corrected chi connectivity index (χ3v) is 7.22. The van der Waals surface area contributed by atoms with Gasteiger partial charge in [0.15, 0.2) is 0 Å². The van der Waals surface area contributed by atoms with Crippen LogP contribution in [-0.4, -0.2) is 65.4 Å². The van der Waals surface area contributed by atoms with E-state index in [0.29, 0.717) is 35.8 Å². The lowest BCUT2D eigenvalue weighted by atomic mass is 10.0. The zero-order valence-corrected chi connectivity index (χ0v) is 24.6. The first-order valence-corrected chi connectivity index (χ1v) is 14.2. The van der Waals surface area contributed by atoms with Crippen LogP contribution in [0.2, 0.25) is 0 Å². The molecule has 2 unspecified atom stereocenters. The van der Waals surface area contributed by atoms with E-state index in [9.17, 15) is 24.0 Å². The SMILES string of the molecule is COC(=O)C(Cc1ccc(Oc2ccc(C=C3SC(=O)NC3=O)cc2)cc1)NC(=O)C1CCCN1C(=O)OC(C)(C)C. The molecule has 4 amide bonds. The van der Waals surface area contributed by atoms with E-state index in [1.165, 1.54) is 12.0 Å². The quantitative estimate of drug-likeness (QED) is 0.336. The van der Waals surface area contributed by atoms with Crippen LogP contribution in [-0.2, 0) is 30.3 Å². The van der Waals surface area contributed by atoms with Crippen LogP contribution in [0, 0.1) is 0 Å². The van der Waals surface area contributed by atoms with Gasteiger partial charge in [-0.1, -0.05) is 24.3 Å². The van der Waals surface area contributed by atoms with Crippen LogP contribution in [0.15, 0.2) is 53.4 Å². The van der Waals surface area contributed by atoms with Crippen LogP contribution in [0.3, 0.4) is 0 Å². The maximum Gasteiger partial charge on any atom is 0.410 e. The highest BCUT2D eigenvalue weighted by atomic mass is 32.2. The number of rotatable bonds is 8. The van der Waals surface area contributed by atoms with Crippen molar-refractivity contribution in [3.63, 3.8) is 0 Å². The van der Waals surface area contributed by atoms with Gasteiger partial charge in [0.05, 0.1) is 12.0 Å². The molecule has 0 radical (unpaired) electrons. The predicted molar refractivity (Wildman–Crippen MR) is 156 cm³/mol. The van der Waals surface area contributed by atoms with Crippen molar-refractivity contribution in [3.8, 4) is 11.5 Å². The average Bonchev–Trinajstić information content (AvgIpc) is 3.55. The second kappa shape index (κ2) is 13.1. The summed E-state index contributed by atoms with van der Waals surface area (Å²) in [6.07, 6.45) is 2.36. The Labute approximate surface area is 247 Å². The van der Waals surface area contributed by atoms with Crippen LogP contribution >= 0.6 is 11.8 Å². The summed E-state index contributed by atoms with van der Waals surface area (Å²) in [4.78, 5) is 63.1. The largest absolute Gasteiger partial charge is 0.467 e. The summed E-state index contributed by atoms with van der Waals surface area (Å²) in [7, 11) is 1.25. The molecule has 222 valence electrons. The van der Waals surface area contributed by atoms with E-state index < -0.39 is 46.8 Å². The maximum atomic E-state index is 13.1. The second-order valence-electron chi connectivity index (χ2n) is 10.8. The molecule has 0 saturated carbocycles. The molecule has 2 aliphatic rings. The van der Waals surface area contributed by atoms with Gasteiger partial charge in [0.1, 0.15) is 29.2 Å². The molecule has 2 atom stereocenters. The van der Waals surface area contributed by atoms with Gasteiger partial charge in [-0.15, -0.1) is 0 Å². The van der Waals surface area contributed by atoms with E-state index in [1.54, 1.807) is 75.4 Å². The van der Waals surface area contributed by atoms with Crippen molar-refractivity contribution < 1.29 is 38.2 Å². The molecule has 2 heterocycles. The minimum Gasteiger partial charge on any atom is -0.467 e. The number of thioether (sulfide) groups is 1. The van der Waals surface area contributed by atoms with Gasteiger partial charge in [0.25, 0.3) is 11.1 Å². The van der Waals surface area contributed by atoms with Crippen molar-refractivity contribution in [1.29, 1.82) is 0 Å². The third kappa shape index (κ3) is 8.12. The Morgan fingerprint density at radius 1 is 1.07 bits per heavy atom. The fourth-order valence-electron chi connectivity index (χ4n) is 4.45. The molecule has 0 bridgehead atoms. The summed E-state index contributed by atoms with van der Waals surface area (Å²) in [5, 5.41) is 4.58. The molecule has 11 nitrogen and oxygen atoms in total. The van der Waals surface area contributed by atoms with E-state index in [2.05, 4.69) is 10.6 Å². The molecule has 2 fully saturated rings. The summed E-state index contributed by atoms with van der Waals surface area (Å²) in [5.74, 6) is -0.334. The fraction of sp³-hybridized carbons (Fsp3) is 0.367. The number of hydrogen-bond acceptors (Lipinski definition) is 9. The van der Waals surface area contributed by atoms with Gasteiger partial charge in [0, 0.05) is 13.0 Å². The minimum atomic E-state index is -0.951. The Kier molecular flexibility index (Phi) is 9.56. The first-order chi connectivity index (χ1) is 19.9. The summed E-state index contributed by atoms with van der Waals surface area (Å²) in [5.41, 5.74) is 0.813. The van der Waals surface area contributed by atoms with Gasteiger partial charge in [-0.25, -0.2) is 9.59 Å². The molecule has 2 saturated heterocycles. The number of methoxy groups -OCH3 is 1. The van der Waals surface area contributed by atoms with E-state index in [4.69, 9.17) is 14.2 Å². The van der Waals surface area contributed by atoms with Crippen molar-refractivity contribution >= 4 is 47.0 Å². The number of amides is 4. The third-order valence-electron chi connectivity index (χ3n) is 6.40. The first kappa shape index (κ1) is 30.6. The van der Waals surface area contributed by atoms with Crippen LogP contribution in [0.5, 0.6) is 11.5 Å². The number of benzene rings is 2. The highest BCUT2D eigenvalue weighted by Gasteiger charge is 2.38. The number of esters is 1. The van der Waals surface area contributed by atoms with Gasteiger partial charge in [-0.05, 0) is 86.8 Å². The van der Waals surface area contributed by atoms with E-state index in [-0.39, 0.29) is 6.42 Å². The zero-order valence-electron chi connectivity index (χ0n) is 23.8. The molecular weight excluding hydrogens is 562 g/mol. The number of carbonyl (C=O) groups excluding carboxylic acids is 5. The number of imide groups is 1. The van der Waals surface area contributed by atoms with E-state index in [1.807, 2.05) is 0 Å². The summed E-state index contributed by atoms with van der Waals surface area (Å²) in [6.45, 7) is 5.68. The molecule has 4 rings (SSSR count).